The van der Waals surface area contributed by atoms with Gasteiger partial charge in [-0.15, -0.1) is 6.58 Å². The van der Waals surface area contributed by atoms with Gasteiger partial charge in [0.15, 0.2) is 0 Å². The standard InChI is InChI=1S/C11H22O6S2/c1-4-5-6-7-11(10-17-19(3,14)15)8-9-16-18(2,12)13/h4,11H,1,5-10H2,2-3H3. The highest BCUT2D eigenvalue weighted by atomic mass is 32.2. The molecule has 0 aromatic rings. The van der Waals surface area contributed by atoms with Crippen molar-refractivity contribution in [3.05, 3.63) is 12.7 Å². The Kier molecular flexibility index (Phi) is 8.47. The molecule has 0 saturated carbocycles. The van der Waals surface area contributed by atoms with Gasteiger partial charge in [0.1, 0.15) is 0 Å². The molecule has 0 aliphatic rings. The van der Waals surface area contributed by atoms with Gasteiger partial charge in [-0.2, -0.15) is 16.8 Å². The predicted molar refractivity (Wildman–Crippen MR) is 73.7 cm³/mol. The molecule has 0 fully saturated rings. The molecule has 0 rings (SSSR count). The Morgan fingerprint density at radius 3 is 2.11 bits per heavy atom. The van der Waals surface area contributed by atoms with E-state index in [1.54, 1.807) is 6.08 Å². The number of hydrogen-bond acceptors (Lipinski definition) is 6. The number of hydrogen-bond donors (Lipinski definition) is 0. The highest BCUT2D eigenvalue weighted by molar-refractivity contribution is 7.86. The lowest BCUT2D eigenvalue weighted by molar-refractivity contribution is 0.205. The Morgan fingerprint density at radius 1 is 1.05 bits per heavy atom. The molecule has 0 saturated heterocycles. The molecule has 1 unspecified atom stereocenters. The molecule has 19 heavy (non-hydrogen) atoms. The Hall–Kier alpha value is -0.440. The summed E-state index contributed by atoms with van der Waals surface area (Å²) >= 11 is 0. The third-order valence-electron chi connectivity index (χ3n) is 2.36. The van der Waals surface area contributed by atoms with Gasteiger partial charge in [-0.3, -0.25) is 8.37 Å². The lowest BCUT2D eigenvalue weighted by Crippen LogP contribution is -2.16. The molecule has 0 aromatic heterocycles. The second-order valence-electron chi connectivity index (χ2n) is 4.39. The number of unbranched alkanes of at least 4 members (excludes halogenated alkanes) is 1. The van der Waals surface area contributed by atoms with Gasteiger partial charge in [0.25, 0.3) is 20.2 Å². The fraction of sp³-hybridized carbons (Fsp3) is 0.818. The molecule has 0 heterocycles. The van der Waals surface area contributed by atoms with Crippen molar-refractivity contribution in [1.29, 1.82) is 0 Å². The van der Waals surface area contributed by atoms with Crippen LogP contribution in [0.25, 0.3) is 0 Å². The third-order valence-corrected chi connectivity index (χ3v) is 3.52. The van der Waals surface area contributed by atoms with E-state index in [1.807, 2.05) is 0 Å². The van der Waals surface area contributed by atoms with Crippen LogP contribution in [0.15, 0.2) is 12.7 Å². The Bertz CT molecular complexity index is 452. The molecule has 8 heteroatoms. The highest BCUT2D eigenvalue weighted by Gasteiger charge is 2.13. The van der Waals surface area contributed by atoms with Crippen molar-refractivity contribution in [2.45, 2.75) is 25.7 Å². The Morgan fingerprint density at radius 2 is 1.63 bits per heavy atom. The van der Waals surface area contributed by atoms with Crippen molar-refractivity contribution < 1.29 is 25.2 Å². The first-order valence-electron chi connectivity index (χ1n) is 5.94. The molecule has 114 valence electrons. The van der Waals surface area contributed by atoms with Crippen LogP contribution >= 0.6 is 0 Å². The summed E-state index contributed by atoms with van der Waals surface area (Å²) in [6.07, 6.45) is 6.58. The maximum atomic E-state index is 10.9. The molecule has 0 aliphatic heterocycles. The van der Waals surface area contributed by atoms with Gasteiger partial charge in [-0.25, -0.2) is 0 Å². The summed E-state index contributed by atoms with van der Waals surface area (Å²) in [5, 5.41) is 0. The molecule has 0 spiro atoms. The van der Waals surface area contributed by atoms with Gasteiger partial charge in [-0.05, 0) is 31.6 Å². The second-order valence-corrected chi connectivity index (χ2v) is 7.68. The van der Waals surface area contributed by atoms with Crippen molar-refractivity contribution in [1.82, 2.24) is 0 Å². The summed E-state index contributed by atoms with van der Waals surface area (Å²) < 4.78 is 52.9. The van der Waals surface area contributed by atoms with E-state index < -0.39 is 20.2 Å². The predicted octanol–water partition coefficient (Wildman–Crippen LogP) is 1.30. The normalized spacial score (nSPS) is 14.2. The maximum Gasteiger partial charge on any atom is 0.264 e. The van der Waals surface area contributed by atoms with Crippen molar-refractivity contribution in [2.75, 3.05) is 25.7 Å². The van der Waals surface area contributed by atoms with Crippen LogP contribution in [0.3, 0.4) is 0 Å². The van der Waals surface area contributed by atoms with Gasteiger partial charge in [0.05, 0.1) is 25.7 Å². The summed E-state index contributed by atoms with van der Waals surface area (Å²) in [6, 6.07) is 0. The molecule has 0 bridgehead atoms. The molecule has 0 aliphatic carbocycles. The average molecular weight is 314 g/mol. The van der Waals surface area contributed by atoms with Gasteiger partial charge in [0, 0.05) is 0 Å². The molecular formula is C11H22O6S2. The van der Waals surface area contributed by atoms with Crippen LogP contribution in [0.2, 0.25) is 0 Å². The van der Waals surface area contributed by atoms with Crippen LogP contribution in [-0.2, 0) is 28.6 Å². The number of rotatable bonds is 11. The van der Waals surface area contributed by atoms with Gasteiger partial charge >= 0.3 is 0 Å². The molecule has 1 atom stereocenters. The van der Waals surface area contributed by atoms with E-state index in [9.17, 15) is 16.8 Å². The zero-order valence-electron chi connectivity index (χ0n) is 11.4. The van der Waals surface area contributed by atoms with E-state index in [1.165, 1.54) is 0 Å². The lowest BCUT2D eigenvalue weighted by Gasteiger charge is -2.15. The van der Waals surface area contributed by atoms with Crippen LogP contribution in [0.4, 0.5) is 0 Å². The zero-order chi connectivity index (χ0) is 14.9. The first-order valence-corrected chi connectivity index (χ1v) is 9.57. The fourth-order valence-corrected chi connectivity index (χ4v) is 2.29. The molecular weight excluding hydrogens is 292 g/mol. The van der Waals surface area contributed by atoms with E-state index >= 15 is 0 Å². The van der Waals surface area contributed by atoms with Gasteiger partial charge < -0.3 is 0 Å². The largest absolute Gasteiger partial charge is 0.270 e. The smallest absolute Gasteiger partial charge is 0.264 e. The Balaban J connectivity index is 4.20. The molecule has 0 N–H and O–H groups in total. The quantitative estimate of drug-likeness (QED) is 0.324. The summed E-state index contributed by atoms with van der Waals surface area (Å²) in [4.78, 5) is 0. The zero-order valence-corrected chi connectivity index (χ0v) is 13.0. The highest BCUT2D eigenvalue weighted by Crippen LogP contribution is 2.15. The van der Waals surface area contributed by atoms with Gasteiger partial charge in [0.2, 0.25) is 0 Å². The third kappa shape index (κ3) is 13.8. The SMILES string of the molecule is C=CCCCC(CCOS(C)(=O)=O)COS(C)(=O)=O. The van der Waals surface area contributed by atoms with Crippen molar-refractivity contribution in [3.63, 3.8) is 0 Å². The monoisotopic (exact) mass is 314 g/mol. The van der Waals surface area contributed by atoms with Crippen LogP contribution in [-0.4, -0.2) is 42.6 Å². The topological polar surface area (TPSA) is 86.7 Å². The van der Waals surface area contributed by atoms with E-state index in [0.29, 0.717) is 6.42 Å². The molecule has 0 aromatic carbocycles. The van der Waals surface area contributed by atoms with Crippen LogP contribution < -0.4 is 0 Å². The van der Waals surface area contributed by atoms with Crippen LogP contribution in [0.5, 0.6) is 0 Å². The van der Waals surface area contributed by atoms with Crippen LogP contribution in [0.1, 0.15) is 25.7 Å². The van der Waals surface area contributed by atoms with Crippen molar-refractivity contribution >= 4 is 20.2 Å². The Labute approximate surface area is 116 Å². The molecule has 0 amide bonds. The summed E-state index contributed by atoms with van der Waals surface area (Å²) in [5.41, 5.74) is 0. The van der Waals surface area contributed by atoms with Crippen molar-refractivity contribution in [3.8, 4) is 0 Å². The minimum Gasteiger partial charge on any atom is -0.270 e. The van der Waals surface area contributed by atoms with E-state index in [-0.39, 0.29) is 19.1 Å². The molecule has 6 nitrogen and oxygen atoms in total. The first-order chi connectivity index (χ1) is 8.64. The fourth-order valence-electron chi connectivity index (χ4n) is 1.45. The van der Waals surface area contributed by atoms with Crippen LogP contribution in [0, 0.1) is 5.92 Å². The first kappa shape index (κ1) is 18.6. The molecule has 0 radical (unpaired) electrons. The average Bonchev–Trinajstić information content (AvgIpc) is 2.22. The minimum atomic E-state index is -3.48. The summed E-state index contributed by atoms with van der Waals surface area (Å²) in [5.74, 6) is -0.0589. The van der Waals surface area contributed by atoms with E-state index in [0.717, 1.165) is 31.8 Å². The van der Waals surface area contributed by atoms with E-state index in [4.69, 9.17) is 4.18 Å². The van der Waals surface area contributed by atoms with Gasteiger partial charge in [-0.1, -0.05) is 6.08 Å². The summed E-state index contributed by atoms with van der Waals surface area (Å²) in [6.45, 7) is 3.68. The maximum absolute atomic E-state index is 10.9. The lowest BCUT2D eigenvalue weighted by atomic mass is 10.00. The van der Waals surface area contributed by atoms with Crippen molar-refractivity contribution in [2.24, 2.45) is 5.92 Å². The van der Waals surface area contributed by atoms with E-state index in [2.05, 4.69) is 10.8 Å². The second kappa shape index (κ2) is 8.68. The minimum absolute atomic E-state index is 0.0325. The summed E-state index contributed by atoms with van der Waals surface area (Å²) in [7, 11) is -6.95. The number of allylic oxidation sites excluding steroid dienone is 1.